The van der Waals surface area contributed by atoms with Gasteiger partial charge in [-0.2, -0.15) is 0 Å². The van der Waals surface area contributed by atoms with Gasteiger partial charge in [0, 0.05) is 16.2 Å². The van der Waals surface area contributed by atoms with E-state index in [0.29, 0.717) is 16.5 Å². The van der Waals surface area contributed by atoms with Crippen molar-refractivity contribution in [2.24, 2.45) is 5.73 Å². The Bertz CT molecular complexity index is 463. The van der Waals surface area contributed by atoms with Crippen LogP contribution in [0.4, 0.5) is 5.69 Å². The fourth-order valence-electron chi connectivity index (χ4n) is 1.55. The van der Waals surface area contributed by atoms with Crippen LogP contribution in [0.1, 0.15) is 30.1 Å². The van der Waals surface area contributed by atoms with Crippen LogP contribution < -0.4 is 11.1 Å². The maximum Gasteiger partial charge on any atom is 0.305 e. The van der Waals surface area contributed by atoms with Gasteiger partial charge in [-0.15, -0.1) is 0 Å². The molecule has 1 unspecified atom stereocenters. The number of nitrogens with two attached hydrogens (primary N) is 1. The number of amides is 1. The molecule has 4 N–H and O–H groups in total. The van der Waals surface area contributed by atoms with E-state index in [9.17, 15) is 9.59 Å². The van der Waals surface area contributed by atoms with Crippen molar-refractivity contribution in [1.82, 2.24) is 0 Å². The molecule has 0 aromatic heterocycles. The van der Waals surface area contributed by atoms with Gasteiger partial charge in [0.25, 0.3) is 0 Å². The summed E-state index contributed by atoms with van der Waals surface area (Å²) >= 11 is 3.25. The van der Waals surface area contributed by atoms with Crippen LogP contribution in [0.25, 0.3) is 0 Å². The van der Waals surface area contributed by atoms with Gasteiger partial charge in [-0.1, -0.05) is 6.92 Å². The summed E-state index contributed by atoms with van der Waals surface area (Å²) < 4.78 is 0.588. The van der Waals surface area contributed by atoms with Gasteiger partial charge in [-0.3, -0.25) is 9.59 Å². The van der Waals surface area contributed by atoms with Crippen LogP contribution >= 0.6 is 15.9 Å². The Hall–Kier alpha value is -1.56. The molecule has 5 nitrogen and oxygen atoms in total. The van der Waals surface area contributed by atoms with Crippen LogP contribution in [0.5, 0.6) is 0 Å². The van der Waals surface area contributed by atoms with Crippen LogP contribution in [-0.4, -0.2) is 23.0 Å². The molecule has 1 aromatic rings. The highest BCUT2D eigenvalue weighted by atomic mass is 79.9. The molecule has 0 fully saturated rings. The fourth-order valence-corrected chi connectivity index (χ4v) is 2.12. The largest absolute Gasteiger partial charge is 0.481 e. The number of carboxylic acid groups (broad SMARTS) is 1. The molecule has 6 heteroatoms. The van der Waals surface area contributed by atoms with Gasteiger partial charge >= 0.3 is 5.97 Å². The van der Waals surface area contributed by atoms with Crippen molar-refractivity contribution in [3.63, 3.8) is 0 Å². The summed E-state index contributed by atoms with van der Waals surface area (Å²) in [5.74, 6) is -1.35. The molecular formula is C12H15BrN2O3. The first-order valence-electron chi connectivity index (χ1n) is 5.51. The zero-order valence-electron chi connectivity index (χ0n) is 9.94. The first kappa shape index (κ1) is 14.5. The Balaban J connectivity index is 2.81. The first-order chi connectivity index (χ1) is 8.43. The van der Waals surface area contributed by atoms with Crippen LogP contribution in [0.15, 0.2) is 22.7 Å². The second-order valence-electron chi connectivity index (χ2n) is 3.91. The summed E-state index contributed by atoms with van der Waals surface area (Å²) in [5, 5.41) is 11.9. The average Bonchev–Trinajstić information content (AvgIpc) is 2.27. The Kier molecular flexibility index (Phi) is 5.15. The number of rotatable bonds is 6. The number of halogens is 1. The molecule has 0 radical (unpaired) electrons. The van der Waals surface area contributed by atoms with E-state index in [1.807, 2.05) is 6.92 Å². The summed E-state index contributed by atoms with van der Waals surface area (Å²) in [6.07, 6.45) is 0.743. The van der Waals surface area contributed by atoms with Crippen LogP contribution in [0.2, 0.25) is 0 Å². The van der Waals surface area contributed by atoms with Gasteiger partial charge < -0.3 is 16.2 Å². The third kappa shape index (κ3) is 4.03. The first-order valence-corrected chi connectivity index (χ1v) is 6.31. The zero-order chi connectivity index (χ0) is 13.7. The van der Waals surface area contributed by atoms with Crippen molar-refractivity contribution in [2.45, 2.75) is 25.8 Å². The highest BCUT2D eigenvalue weighted by Gasteiger charge is 2.12. The summed E-state index contributed by atoms with van der Waals surface area (Å²) in [6.45, 7) is 1.91. The van der Waals surface area contributed by atoms with E-state index in [1.54, 1.807) is 18.2 Å². The zero-order valence-corrected chi connectivity index (χ0v) is 11.5. The minimum Gasteiger partial charge on any atom is -0.481 e. The Morgan fingerprint density at radius 1 is 1.50 bits per heavy atom. The number of carboxylic acids is 1. The predicted molar refractivity (Wildman–Crippen MR) is 72.6 cm³/mol. The van der Waals surface area contributed by atoms with E-state index >= 15 is 0 Å². The molecule has 1 rings (SSSR count). The highest BCUT2D eigenvalue weighted by molar-refractivity contribution is 9.10. The lowest BCUT2D eigenvalue weighted by Gasteiger charge is -2.16. The maximum atomic E-state index is 11.1. The fraction of sp³-hybridized carbons (Fsp3) is 0.333. The van der Waals surface area contributed by atoms with E-state index < -0.39 is 11.9 Å². The molecule has 0 aliphatic carbocycles. The summed E-state index contributed by atoms with van der Waals surface area (Å²) in [4.78, 5) is 21.7. The molecule has 1 atom stereocenters. The number of nitrogens with one attached hydrogen (secondary N) is 1. The number of primary amides is 1. The predicted octanol–water partition coefficient (Wildman–Crippen LogP) is 2.21. The number of anilines is 1. The van der Waals surface area contributed by atoms with E-state index in [-0.39, 0.29) is 12.5 Å². The van der Waals surface area contributed by atoms with Gasteiger partial charge in [0.15, 0.2) is 0 Å². The van der Waals surface area contributed by atoms with Crippen LogP contribution in [0, 0.1) is 0 Å². The maximum absolute atomic E-state index is 11.1. The normalized spacial score (nSPS) is 11.9. The van der Waals surface area contributed by atoms with Crippen molar-refractivity contribution in [3.05, 3.63) is 28.2 Å². The van der Waals surface area contributed by atoms with Gasteiger partial charge in [-0.25, -0.2) is 0 Å². The molecule has 18 heavy (non-hydrogen) atoms. The third-order valence-electron chi connectivity index (χ3n) is 2.52. The van der Waals surface area contributed by atoms with Gasteiger partial charge in [0.05, 0.1) is 12.0 Å². The number of benzene rings is 1. The molecule has 1 amide bonds. The number of carbonyl (C=O) groups excluding carboxylic acids is 1. The highest BCUT2D eigenvalue weighted by Crippen LogP contribution is 2.22. The topological polar surface area (TPSA) is 92.4 Å². The summed E-state index contributed by atoms with van der Waals surface area (Å²) in [7, 11) is 0. The molecule has 0 aliphatic heterocycles. The quantitative estimate of drug-likeness (QED) is 0.750. The molecule has 0 spiro atoms. The molecule has 0 bridgehead atoms. The molecule has 1 aromatic carbocycles. The standard InChI is InChI=1S/C12H15BrN2O3/c1-2-7(6-11(16)17)15-8-3-4-9(12(14)18)10(13)5-8/h3-5,7,15H,2,6H2,1H3,(H2,14,18)(H,16,17). The van der Waals surface area contributed by atoms with Gasteiger partial charge in [0.2, 0.25) is 5.91 Å². The van der Waals surface area contributed by atoms with Crippen molar-refractivity contribution in [3.8, 4) is 0 Å². The lowest BCUT2D eigenvalue weighted by atomic mass is 10.1. The number of hydrogen-bond donors (Lipinski definition) is 3. The minimum atomic E-state index is -0.845. The third-order valence-corrected chi connectivity index (χ3v) is 3.18. The second kappa shape index (κ2) is 6.39. The Labute approximate surface area is 113 Å². The van der Waals surface area contributed by atoms with Gasteiger partial charge in [0.1, 0.15) is 0 Å². The molecule has 0 heterocycles. The van der Waals surface area contributed by atoms with Crippen molar-refractivity contribution < 1.29 is 14.7 Å². The van der Waals surface area contributed by atoms with E-state index in [2.05, 4.69) is 21.2 Å². The van der Waals surface area contributed by atoms with Crippen molar-refractivity contribution in [2.75, 3.05) is 5.32 Å². The average molecular weight is 315 g/mol. The lowest BCUT2D eigenvalue weighted by molar-refractivity contribution is -0.137. The summed E-state index contributed by atoms with van der Waals surface area (Å²) in [5.41, 5.74) is 6.34. The van der Waals surface area contributed by atoms with Crippen LogP contribution in [-0.2, 0) is 4.79 Å². The SMILES string of the molecule is CCC(CC(=O)O)Nc1ccc(C(N)=O)c(Br)c1. The van der Waals surface area contributed by atoms with E-state index in [0.717, 1.165) is 5.69 Å². The van der Waals surface area contributed by atoms with Crippen molar-refractivity contribution in [1.29, 1.82) is 0 Å². The molecule has 0 saturated carbocycles. The van der Waals surface area contributed by atoms with Crippen LogP contribution in [0.3, 0.4) is 0 Å². The van der Waals surface area contributed by atoms with E-state index in [4.69, 9.17) is 10.8 Å². The van der Waals surface area contributed by atoms with Crippen molar-refractivity contribution >= 4 is 33.5 Å². The molecule has 0 aliphatic rings. The monoisotopic (exact) mass is 314 g/mol. The summed E-state index contributed by atoms with van der Waals surface area (Å²) in [6, 6.07) is 4.87. The molecule has 98 valence electrons. The molecule has 0 saturated heterocycles. The number of hydrogen-bond acceptors (Lipinski definition) is 3. The smallest absolute Gasteiger partial charge is 0.305 e. The number of aliphatic carboxylic acids is 1. The van der Waals surface area contributed by atoms with E-state index in [1.165, 1.54) is 0 Å². The minimum absolute atomic E-state index is 0.0473. The Morgan fingerprint density at radius 3 is 2.61 bits per heavy atom. The second-order valence-corrected chi connectivity index (χ2v) is 4.76. The lowest BCUT2D eigenvalue weighted by Crippen LogP contribution is -2.22. The van der Waals surface area contributed by atoms with Gasteiger partial charge in [-0.05, 0) is 40.5 Å². The Morgan fingerprint density at radius 2 is 2.17 bits per heavy atom. The molecular weight excluding hydrogens is 300 g/mol. The number of carbonyl (C=O) groups is 2.